The summed E-state index contributed by atoms with van der Waals surface area (Å²) in [6, 6.07) is 1.95. The highest BCUT2D eigenvalue weighted by Crippen LogP contribution is 2.20. The average molecular weight is 397 g/mol. The van der Waals surface area contributed by atoms with Gasteiger partial charge in [0.05, 0.1) is 11.9 Å². The fraction of sp³-hybridized carbons (Fsp3) is 0.500. The first kappa shape index (κ1) is 19.2. The third-order valence-electron chi connectivity index (χ3n) is 4.79. The minimum absolute atomic E-state index is 0.251. The Morgan fingerprint density at radius 3 is 2.69 bits per heavy atom. The van der Waals surface area contributed by atoms with Crippen LogP contribution in [0.25, 0.3) is 11.6 Å². The molecule has 9 heteroatoms. The molecule has 29 heavy (non-hydrogen) atoms. The number of aryl methyl sites for hydroxylation is 1. The maximum absolute atomic E-state index is 12.4. The predicted octanol–water partition coefficient (Wildman–Crippen LogP) is 2.67. The van der Waals surface area contributed by atoms with Gasteiger partial charge in [0.1, 0.15) is 23.6 Å². The van der Waals surface area contributed by atoms with E-state index < -0.39 is 5.60 Å². The zero-order valence-corrected chi connectivity index (χ0v) is 17.4. The summed E-state index contributed by atoms with van der Waals surface area (Å²) in [5, 5.41) is 0. The molecule has 0 unspecified atom stereocenters. The van der Waals surface area contributed by atoms with Crippen LogP contribution in [0.3, 0.4) is 0 Å². The molecule has 1 saturated heterocycles. The second-order valence-electron chi connectivity index (χ2n) is 8.30. The van der Waals surface area contributed by atoms with Gasteiger partial charge in [-0.2, -0.15) is 4.98 Å². The van der Waals surface area contributed by atoms with Gasteiger partial charge in [-0.15, -0.1) is 0 Å². The van der Waals surface area contributed by atoms with Gasteiger partial charge in [-0.05, 0) is 40.2 Å². The Labute approximate surface area is 169 Å². The molecular formula is C20H27N7O2. The van der Waals surface area contributed by atoms with Crippen LogP contribution in [0, 0.1) is 6.92 Å². The first-order valence-electron chi connectivity index (χ1n) is 9.88. The molecule has 0 N–H and O–H groups in total. The van der Waals surface area contributed by atoms with E-state index in [1.165, 1.54) is 0 Å². The lowest BCUT2D eigenvalue weighted by molar-refractivity contribution is 0.0263. The summed E-state index contributed by atoms with van der Waals surface area (Å²) in [5.41, 5.74) is 0.455. The molecule has 9 nitrogen and oxygen atoms in total. The third kappa shape index (κ3) is 4.18. The number of aromatic nitrogens is 5. The van der Waals surface area contributed by atoms with Gasteiger partial charge in [-0.3, -0.25) is 8.97 Å². The smallest absolute Gasteiger partial charge is 0.410 e. The Bertz CT molecular complexity index is 1020. The number of rotatable bonds is 2. The molecule has 0 radical (unpaired) electrons. The van der Waals surface area contributed by atoms with Crippen LogP contribution in [0.4, 0.5) is 10.6 Å². The summed E-state index contributed by atoms with van der Waals surface area (Å²) >= 11 is 0. The lowest BCUT2D eigenvalue weighted by Gasteiger charge is -2.26. The molecule has 0 aromatic carbocycles. The highest BCUT2D eigenvalue weighted by Gasteiger charge is 2.25. The van der Waals surface area contributed by atoms with Crippen LogP contribution < -0.4 is 4.90 Å². The minimum atomic E-state index is -0.484. The summed E-state index contributed by atoms with van der Waals surface area (Å²) in [6.07, 6.45) is 8.12. The number of nitrogens with zero attached hydrogens (tertiary/aromatic N) is 7. The number of hydrogen-bond acceptors (Lipinski definition) is 6. The normalized spacial score (nSPS) is 15.6. The lowest BCUT2D eigenvalue weighted by atomic mass is 10.2. The number of anilines is 1. The van der Waals surface area contributed by atoms with Gasteiger partial charge in [-0.1, -0.05) is 0 Å². The summed E-state index contributed by atoms with van der Waals surface area (Å²) < 4.78 is 9.39. The maximum atomic E-state index is 12.4. The topological polar surface area (TPSA) is 80.8 Å². The van der Waals surface area contributed by atoms with E-state index in [1.807, 2.05) is 61.3 Å². The van der Waals surface area contributed by atoms with Crippen molar-refractivity contribution in [2.24, 2.45) is 0 Å². The summed E-state index contributed by atoms with van der Waals surface area (Å²) in [5.74, 6) is 2.39. The first-order chi connectivity index (χ1) is 13.8. The molecule has 0 bridgehead atoms. The van der Waals surface area contributed by atoms with Crippen molar-refractivity contribution in [1.82, 2.24) is 28.8 Å². The van der Waals surface area contributed by atoms with Gasteiger partial charge in [0.2, 0.25) is 5.78 Å². The zero-order chi connectivity index (χ0) is 20.6. The van der Waals surface area contributed by atoms with Crippen molar-refractivity contribution in [3.63, 3.8) is 0 Å². The second-order valence-corrected chi connectivity index (χ2v) is 8.30. The number of fused-ring (bicyclic) bond motifs is 1. The molecule has 4 rings (SSSR count). The summed E-state index contributed by atoms with van der Waals surface area (Å²) in [7, 11) is 0. The fourth-order valence-corrected chi connectivity index (χ4v) is 3.43. The molecule has 0 aliphatic carbocycles. The van der Waals surface area contributed by atoms with Crippen LogP contribution in [0.1, 0.15) is 32.9 Å². The largest absolute Gasteiger partial charge is 0.444 e. The molecular weight excluding hydrogens is 370 g/mol. The van der Waals surface area contributed by atoms with Crippen molar-refractivity contribution < 1.29 is 9.53 Å². The molecule has 4 heterocycles. The number of carbonyl (C=O) groups is 1. The Balaban J connectivity index is 1.50. The molecule has 1 fully saturated rings. The van der Waals surface area contributed by atoms with Gasteiger partial charge in [0, 0.05) is 38.6 Å². The Hall–Kier alpha value is -3.10. The van der Waals surface area contributed by atoms with Crippen LogP contribution in [-0.4, -0.2) is 66.7 Å². The van der Waals surface area contributed by atoms with Gasteiger partial charge >= 0.3 is 6.09 Å². The van der Waals surface area contributed by atoms with Crippen molar-refractivity contribution in [3.8, 4) is 5.82 Å². The number of amides is 1. The molecule has 1 amide bonds. The Morgan fingerprint density at radius 1 is 1.14 bits per heavy atom. The minimum Gasteiger partial charge on any atom is -0.444 e. The SMILES string of the molecule is Cc1cn(-c2ccn3c(N4CCCN(C(=O)OC(C)(C)C)CC4)cnc3n2)cn1. The van der Waals surface area contributed by atoms with Crippen molar-refractivity contribution in [2.75, 3.05) is 31.1 Å². The number of ether oxygens (including phenoxy) is 1. The van der Waals surface area contributed by atoms with E-state index in [0.717, 1.165) is 36.8 Å². The highest BCUT2D eigenvalue weighted by molar-refractivity contribution is 5.68. The van der Waals surface area contributed by atoms with Gasteiger partial charge in [0.15, 0.2) is 0 Å². The summed E-state index contributed by atoms with van der Waals surface area (Å²) in [4.78, 5) is 29.8. The van der Waals surface area contributed by atoms with Crippen LogP contribution >= 0.6 is 0 Å². The fourth-order valence-electron chi connectivity index (χ4n) is 3.43. The van der Waals surface area contributed by atoms with Crippen LogP contribution in [0.15, 0.2) is 31.0 Å². The van der Waals surface area contributed by atoms with Crippen molar-refractivity contribution in [3.05, 3.63) is 36.7 Å². The number of imidazole rings is 2. The second kappa shape index (κ2) is 7.38. The van der Waals surface area contributed by atoms with E-state index in [0.29, 0.717) is 18.9 Å². The Morgan fingerprint density at radius 2 is 1.97 bits per heavy atom. The van der Waals surface area contributed by atoms with Gasteiger partial charge < -0.3 is 14.5 Å². The van der Waals surface area contributed by atoms with Crippen molar-refractivity contribution >= 4 is 17.7 Å². The highest BCUT2D eigenvalue weighted by atomic mass is 16.6. The zero-order valence-electron chi connectivity index (χ0n) is 17.4. The average Bonchev–Trinajstić information content (AvgIpc) is 3.19. The molecule has 0 saturated carbocycles. The monoisotopic (exact) mass is 397 g/mol. The molecule has 3 aromatic rings. The summed E-state index contributed by atoms with van der Waals surface area (Å²) in [6.45, 7) is 10.5. The number of hydrogen-bond donors (Lipinski definition) is 0. The van der Waals surface area contributed by atoms with Crippen LogP contribution in [0.5, 0.6) is 0 Å². The van der Waals surface area contributed by atoms with E-state index in [2.05, 4.69) is 19.9 Å². The predicted molar refractivity (Wildman–Crippen MR) is 109 cm³/mol. The molecule has 154 valence electrons. The van der Waals surface area contributed by atoms with E-state index in [-0.39, 0.29) is 6.09 Å². The molecule has 3 aromatic heterocycles. The first-order valence-corrected chi connectivity index (χ1v) is 9.88. The van der Waals surface area contributed by atoms with E-state index in [9.17, 15) is 4.79 Å². The number of carbonyl (C=O) groups excluding carboxylic acids is 1. The third-order valence-corrected chi connectivity index (χ3v) is 4.79. The molecule has 0 atom stereocenters. The van der Waals surface area contributed by atoms with Crippen LogP contribution in [-0.2, 0) is 4.74 Å². The maximum Gasteiger partial charge on any atom is 0.410 e. The standard InChI is InChI=1S/C20H27N7O2/c1-15-13-26(14-22-15)16-6-9-27-17(12-21-18(27)23-16)24-7-5-8-25(11-10-24)19(28)29-20(2,3)4/h6,9,12-14H,5,7-8,10-11H2,1-4H3. The van der Waals surface area contributed by atoms with E-state index >= 15 is 0 Å². The lowest BCUT2D eigenvalue weighted by Crippen LogP contribution is -2.39. The van der Waals surface area contributed by atoms with Gasteiger partial charge in [-0.25, -0.2) is 14.8 Å². The quantitative estimate of drug-likeness (QED) is 0.661. The van der Waals surface area contributed by atoms with Gasteiger partial charge in [0.25, 0.3) is 0 Å². The van der Waals surface area contributed by atoms with E-state index in [1.54, 1.807) is 11.2 Å². The van der Waals surface area contributed by atoms with Crippen molar-refractivity contribution in [2.45, 2.75) is 39.7 Å². The van der Waals surface area contributed by atoms with Crippen molar-refractivity contribution in [1.29, 1.82) is 0 Å². The molecule has 1 aliphatic rings. The van der Waals surface area contributed by atoms with Crippen LogP contribution in [0.2, 0.25) is 0 Å². The van der Waals surface area contributed by atoms with E-state index in [4.69, 9.17) is 4.74 Å². The molecule has 1 aliphatic heterocycles. The Kier molecular flexibility index (Phi) is 4.89. The molecule has 0 spiro atoms.